The molecule has 0 bridgehead atoms. The van der Waals surface area contributed by atoms with E-state index >= 15 is 0 Å². The summed E-state index contributed by atoms with van der Waals surface area (Å²) < 4.78 is 4.98. The van der Waals surface area contributed by atoms with Gasteiger partial charge in [-0.3, -0.25) is 4.79 Å². The van der Waals surface area contributed by atoms with Crippen LogP contribution >= 0.6 is 0 Å². The van der Waals surface area contributed by atoms with E-state index in [1.807, 2.05) is 6.92 Å². The number of carbonyl (C=O) groups is 1. The summed E-state index contributed by atoms with van der Waals surface area (Å²) in [6.07, 6.45) is 13.5. The van der Waals surface area contributed by atoms with Crippen molar-refractivity contribution in [2.45, 2.75) is 83.6 Å². The fraction of sp³-hybridized carbons (Fsp3) is 0.667. The molecule has 1 aliphatic carbocycles. The number of nitrogens with one attached hydrogen (secondary N) is 1. The Labute approximate surface area is 147 Å². The van der Waals surface area contributed by atoms with Crippen LogP contribution in [0.5, 0.6) is 0 Å². The van der Waals surface area contributed by atoms with Gasteiger partial charge in [-0.2, -0.15) is 0 Å². The van der Waals surface area contributed by atoms with Crippen LogP contribution in [0.1, 0.15) is 76.7 Å². The van der Waals surface area contributed by atoms with E-state index in [4.69, 9.17) is 4.74 Å². The van der Waals surface area contributed by atoms with Crippen LogP contribution < -0.4 is 5.32 Å². The molecule has 3 heteroatoms. The van der Waals surface area contributed by atoms with Crippen molar-refractivity contribution in [3.05, 3.63) is 29.8 Å². The SMILES string of the molecule is CCOC(=O)CCc1ccc(NC2CCCCCCCCC2)cc1. The predicted octanol–water partition coefficient (Wildman–Crippen LogP) is 5.49. The minimum Gasteiger partial charge on any atom is -0.466 e. The second kappa shape index (κ2) is 11.1. The molecular formula is C21H33NO2. The van der Waals surface area contributed by atoms with Crippen molar-refractivity contribution in [2.75, 3.05) is 11.9 Å². The Balaban J connectivity index is 1.79. The summed E-state index contributed by atoms with van der Waals surface area (Å²) >= 11 is 0. The van der Waals surface area contributed by atoms with E-state index in [0.717, 1.165) is 6.42 Å². The topological polar surface area (TPSA) is 38.3 Å². The average Bonchev–Trinajstić information content (AvgIpc) is 2.60. The summed E-state index contributed by atoms with van der Waals surface area (Å²) in [5.41, 5.74) is 2.40. The number of anilines is 1. The first-order chi connectivity index (χ1) is 11.8. The first kappa shape index (κ1) is 18.8. The van der Waals surface area contributed by atoms with Crippen LogP contribution in [0.4, 0.5) is 5.69 Å². The largest absolute Gasteiger partial charge is 0.466 e. The molecule has 0 saturated heterocycles. The van der Waals surface area contributed by atoms with Gasteiger partial charge in [0, 0.05) is 18.2 Å². The molecule has 0 aromatic heterocycles. The highest BCUT2D eigenvalue weighted by molar-refractivity contribution is 5.69. The molecule has 1 saturated carbocycles. The molecular weight excluding hydrogens is 298 g/mol. The van der Waals surface area contributed by atoms with E-state index in [9.17, 15) is 4.79 Å². The number of hydrogen-bond acceptors (Lipinski definition) is 3. The molecule has 0 spiro atoms. The fourth-order valence-corrected chi connectivity index (χ4v) is 3.44. The Kier molecular flexibility index (Phi) is 8.72. The van der Waals surface area contributed by atoms with Crippen LogP contribution in [-0.4, -0.2) is 18.6 Å². The molecule has 0 atom stereocenters. The van der Waals surface area contributed by atoms with Gasteiger partial charge in [-0.1, -0.05) is 57.1 Å². The van der Waals surface area contributed by atoms with E-state index in [0.29, 0.717) is 19.1 Å². The monoisotopic (exact) mass is 331 g/mol. The van der Waals surface area contributed by atoms with E-state index in [2.05, 4.69) is 29.6 Å². The van der Waals surface area contributed by atoms with Crippen molar-refractivity contribution < 1.29 is 9.53 Å². The molecule has 1 fully saturated rings. The maximum atomic E-state index is 11.4. The molecule has 1 aliphatic rings. The summed E-state index contributed by atoms with van der Waals surface area (Å²) in [5.74, 6) is -0.110. The maximum absolute atomic E-state index is 11.4. The Hall–Kier alpha value is -1.51. The molecule has 0 amide bonds. The third-order valence-electron chi connectivity index (χ3n) is 4.85. The number of ether oxygens (including phenoxy) is 1. The van der Waals surface area contributed by atoms with Crippen LogP contribution in [-0.2, 0) is 16.0 Å². The van der Waals surface area contributed by atoms with Gasteiger partial charge in [0.15, 0.2) is 0 Å². The van der Waals surface area contributed by atoms with Gasteiger partial charge in [0.1, 0.15) is 0 Å². The highest BCUT2D eigenvalue weighted by Gasteiger charge is 2.10. The zero-order valence-electron chi connectivity index (χ0n) is 15.2. The quantitative estimate of drug-likeness (QED) is 0.701. The fourth-order valence-electron chi connectivity index (χ4n) is 3.44. The summed E-state index contributed by atoms with van der Waals surface area (Å²) in [5, 5.41) is 3.72. The van der Waals surface area contributed by atoms with E-state index < -0.39 is 0 Å². The maximum Gasteiger partial charge on any atom is 0.306 e. The van der Waals surface area contributed by atoms with Crippen LogP contribution in [0.3, 0.4) is 0 Å². The zero-order chi connectivity index (χ0) is 17.0. The molecule has 1 aromatic carbocycles. The Bertz CT molecular complexity index is 459. The lowest BCUT2D eigenvalue weighted by molar-refractivity contribution is -0.143. The van der Waals surface area contributed by atoms with E-state index in [-0.39, 0.29) is 5.97 Å². The molecule has 24 heavy (non-hydrogen) atoms. The van der Waals surface area contributed by atoms with E-state index in [1.54, 1.807) is 0 Å². The minimum absolute atomic E-state index is 0.110. The number of benzene rings is 1. The molecule has 0 unspecified atom stereocenters. The van der Waals surface area contributed by atoms with Crippen molar-refractivity contribution >= 4 is 11.7 Å². The summed E-state index contributed by atoms with van der Waals surface area (Å²) in [7, 11) is 0. The van der Waals surface area contributed by atoms with Gasteiger partial charge in [0.25, 0.3) is 0 Å². The molecule has 0 radical (unpaired) electrons. The van der Waals surface area contributed by atoms with Gasteiger partial charge in [0.2, 0.25) is 0 Å². The lowest BCUT2D eigenvalue weighted by Gasteiger charge is -2.21. The number of carbonyl (C=O) groups excluding carboxylic acids is 1. The Morgan fingerprint density at radius 1 is 1.00 bits per heavy atom. The Morgan fingerprint density at radius 2 is 1.58 bits per heavy atom. The molecule has 1 aromatic rings. The highest BCUT2D eigenvalue weighted by atomic mass is 16.5. The predicted molar refractivity (Wildman–Crippen MR) is 100 cm³/mol. The summed E-state index contributed by atoms with van der Waals surface area (Å²) in [6, 6.07) is 9.16. The van der Waals surface area contributed by atoms with Gasteiger partial charge >= 0.3 is 5.97 Å². The van der Waals surface area contributed by atoms with Crippen molar-refractivity contribution in [1.82, 2.24) is 0 Å². The Morgan fingerprint density at radius 3 is 2.17 bits per heavy atom. The van der Waals surface area contributed by atoms with Gasteiger partial charge < -0.3 is 10.1 Å². The van der Waals surface area contributed by atoms with Crippen molar-refractivity contribution in [1.29, 1.82) is 0 Å². The van der Waals surface area contributed by atoms with Crippen molar-refractivity contribution in [3.8, 4) is 0 Å². The lowest BCUT2D eigenvalue weighted by Crippen LogP contribution is -2.19. The van der Waals surface area contributed by atoms with Crippen LogP contribution in [0.25, 0.3) is 0 Å². The van der Waals surface area contributed by atoms with Crippen molar-refractivity contribution in [2.24, 2.45) is 0 Å². The number of rotatable bonds is 6. The standard InChI is InChI=1S/C21H33NO2/c1-2-24-21(23)17-14-18-12-15-20(16-13-18)22-19-10-8-6-4-3-5-7-9-11-19/h12-13,15-16,19,22H,2-11,14,17H2,1H3. The smallest absolute Gasteiger partial charge is 0.306 e. The van der Waals surface area contributed by atoms with Gasteiger partial charge in [0.05, 0.1) is 6.61 Å². The number of aryl methyl sites for hydroxylation is 1. The van der Waals surface area contributed by atoms with Crippen molar-refractivity contribution in [3.63, 3.8) is 0 Å². The van der Waals surface area contributed by atoms with Crippen LogP contribution in [0.2, 0.25) is 0 Å². The van der Waals surface area contributed by atoms with Gasteiger partial charge in [-0.05, 0) is 43.9 Å². The number of hydrogen-bond donors (Lipinski definition) is 1. The summed E-state index contributed by atoms with van der Waals surface area (Å²) in [4.78, 5) is 11.4. The average molecular weight is 332 g/mol. The highest BCUT2D eigenvalue weighted by Crippen LogP contribution is 2.21. The second-order valence-corrected chi connectivity index (χ2v) is 6.90. The first-order valence-corrected chi connectivity index (χ1v) is 9.79. The van der Waals surface area contributed by atoms with Gasteiger partial charge in [-0.15, -0.1) is 0 Å². The number of esters is 1. The molecule has 134 valence electrons. The molecule has 3 nitrogen and oxygen atoms in total. The first-order valence-electron chi connectivity index (χ1n) is 9.79. The van der Waals surface area contributed by atoms with Crippen LogP contribution in [0.15, 0.2) is 24.3 Å². The van der Waals surface area contributed by atoms with Crippen LogP contribution in [0, 0.1) is 0 Å². The lowest BCUT2D eigenvalue weighted by atomic mass is 9.97. The third kappa shape index (κ3) is 7.37. The molecule has 0 aliphatic heterocycles. The van der Waals surface area contributed by atoms with E-state index in [1.165, 1.54) is 69.0 Å². The summed E-state index contributed by atoms with van der Waals surface area (Å²) in [6.45, 7) is 2.31. The molecule has 0 heterocycles. The zero-order valence-corrected chi connectivity index (χ0v) is 15.2. The normalized spacial score (nSPS) is 17.2. The third-order valence-corrected chi connectivity index (χ3v) is 4.85. The minimum atomic E-state index is -0.110. The molecule has 1 N–H and O–H groups in total. The van der Waals surface area contributed by atoms with Gasteiger partial charge in [-0.25, -0.2) is 0 Å². The molecule has 2 rings (SSSR count). The second-order valence-electron chi connectivity index (χ2n) is 6.90.